The van der Waals surface area contributed by atoms with Crippen LogP contribution in [0.4, 0.5) is 0 Å². The van der Waals surface area contributed by atoms with Gasteiger partial charge in [-0.15, -0.1) is 0 Å². The zero-order valence-electron chi connectivity index (χ0n) is 13.2. The lowest BCUT2D eigenvalue weighted by Gasteiger charge is -2.31. The van der Waals surface area contributed by atoms with Crippen molar-refractivity contribution in [2.45, 2.75) is 69.9 Å². The van der Waals surface area contributed by atoms with Gasteiger partial charge < -0.3 is 15.0 Å². The molecule has 120 valence electrons. The maximum Gasteiger partial charge on any atom is 0.222 e. The van der Waals surface area contributed by atoms with Gasteiger partial charge in [0.25, 0.3) is 0 Å². The standard InChI is InChI=1S/C17H30N2O2/c20-17(8-7-14-9-10-18-12-14)19(15-4-1-2-5-15)13-16-6-3-11-21-16/h14-16,18H,1-13H2. The minimum atomic E-state index is 0.294. The first-order valence-electron chi connectivity index (χ1n) is 8.94. The monoisotopic (exact) mass is 294 g/mol. The van der Waals surface area contributed by atoms with Gasteiger partial charge in [-0.3, -0.25) is 4.79 Å². The Kier molecular flexibility index (Phi) is 5.53. The van der Waals surface area contributed by atoms with Gasteiger partial charge in [-0.1, -0.05) is 12.8 Å². The molecule has 2 saturated heterocycles. The van der Waals surface area contributed by atoms with E-state index < -0.39 is 0 Å². The maximum atomic E-state index is 12.7. The summed E-state index contributed by atoms with van der Waals surface area (Å²) < 4.78 is 5.77. The molecular formula is C17H30N2O2. The smallest absolute Gasteiger partial charge is 0.222 e. The van der Waals surface area contributed by atoms with Gasteiger partial charge in [-0.25, -0.2) is 0 Å². The Morgan fingerprint density at radius 3 is 2.67 bits per heavy atom. The second-order valence-corrected chi connectivity index (χ2v) is 7.02. The molecule has 0 aromatic heterocycles. The topological polar surface area (TPSA) is 41.6 Å². The quantitative estimate of drug-likeness (QED) is 0.817. The summed E-state index contributed by atoms with van der Waals surface area (Å²) in [6.07, 6.45) is 10.6. The molecule has 1 saturated carbocycles. The molecule has 2 unspecified atom stereocenters. The number of carbonyl (C=O) groups is 1. The van der Waals surface area contributed by atoms with Gasteiger partial charge in [-0.05, 0) is 57.5 Å². The van der Waals surface area contributed by atoms with Crippen LogP contribution in [0.15, 0.2) is 0 Å². The Morgan fingerprint density at radius 2 is 2.00 bits per heavy atom. The second-order valence-electron chi connectivity index (χ2n) is 7.02. The summed E-state index contributed by atoms with van der Waals surface area (Å²) >= 11 is 0. The third-order valence-corrected chi connectivity index (χ3v) is 5.44. The lowest BCUT2D eigenvalue weighted by atomic mass is 10.0. The average Bonchev–Trinajstić information content (AvgIpc) is 3.25. The largest absolute Gasteiger partial charge is 0.376 e. The molecule has 1 amide bonds. The molecule has 4 heteroatoms. The van der Waals surface area contributed by atoms with E-state index in [-0.39, 0.29) is 0 Å². The van der Waals surface area contributed by atoms with Crippen LogP contribution in [0.3, 0.4) is 0 Å². The van der Waals surface area contributed by atoms with Crippen molar-refractivity contribution in [2.75, 3.05) is 26.2 Å². The van der Waals surface area contributed by atoms with Crippen molar-refractivity contribution >= 4 is 5.91 Å². The summed E-state index contributed by atoms with van der Waals surface area (Å²) in [5.74, 6) is 1.09. The highest BCUT2D eigenvalue weighted by atomic mass is 16.5. The molecule has 0 aromatic carbocycles. The van der Waals surface area contributed by atoms with E-state index in [0.29, 0.717) is 24.0 Å². The summed E-state index contributed by atoms with van der Waals surface area (Å²) in [5, 5.41) is 3.39. The van der Waals surface area contributed by atoms with Crippen molar-refractivity contribution in [1.82, 2.24) is 10.2 Å². The summed E-state index contributed by atoms with van der Waals surface area (Å²) in [4.78, 5) is 14.9. The fraction of sp³-hybridized carbons (Fsp3) is 0.941. The van der Waals surface area contributed by atoms with Crippen LogP contribution >= 0.6 is 0 Å². The number of nitrogens with one attached hydrogen (secondary N) is 1. The fourth-order valence-electron chi connectivity index (χ4n) is 4.11. The highest BCUT2D eigenvalue weighted by Gasteiger charge is 2.30. The van der Waals surface area contributed by atoms with Crippen LogP contribution in [0.1, 0.15) is 57.8 Å². The van der Waals surface area contributed by atoms with Crippen molar-refractivity contribution in [3.63, 3.8) is 0 Å². The maximum absolute atomic E-state index is 12.7. The van der Waals surface area contributed by atoms with Crippen molar-refractivity contribution in [1.29, 1.82) is 0 Å². The van der Waals surface area contributed by atoms with E-state index >= 15 is 0 Å². The van der Waals surface area contributed by atoms with Crippen LogP contribution in [0.25, 0.3) is 0 Å². The van der Waals surface area contributed by atoms with Crippen molar-refractivity contribution in [2.24, 2.45) is 5.92 Å². The van der Waals surface area contributed by atoms with Gasteiger partial charge in [0.05, 0.1) is 6.10 Å². The predicted octanol–water partition coefficient (Wildman–Crippen LogP) is 2.33. The zero-order valence-corrected chi connectivity index (χ0v) is 13.2. The lowest BCUT2D eigenvalue weighted by molar-refractivity contribution is -0.135. The van der Waals surface area contributed by atoms with E-state index in [4.69, 9.17) is 4.74 Å². The summed E-state index contributed by atoms with van der Waals surface area (Å²) in [6.45, 7) is 3.95. The zero-order chi connectivity index (χ0) is 14.5. The number of nitrogens with zero attached hydrogens (tertiary/aromatic N) is 1. The fourth-order valence-corrected chi connectivity index (χ4v) is 4.11. The minimum absolute atomic E-state index is 0.294. The minimum Gasteiger partial charge on any atom is -0.376 e. The highest BCUT2D eigenvalue weighted by Crippen LogP contribution is 2.27. The molecular weight excluding hydrogens is 264 g/mol. The highest BCUT2D eigenvalue weighted by molar-refractivity contribution is 5.76. The number of amides is 1. The molecule has 0 spiro atoms. The Morgan fingerprint density at radius 1 is 1.14 bits per heavy atom. The first kappa shape index (κ1) is 15.3. The van der Waals surface area contributed by atoms with Gasteiger partial charge in [0, 0.05) is 25.6 Å². The summed E-state index contributed by atoms with van der Waals surface area (Å²) in [5.41, 5.74) is 0. The Labute approximate surface area is 128 Å². The summed E-state index contributed by atoms with van der Waals surface area (Å²) in [7, 11) is 0. The molecule has 2 atom stereocenters. The average molecular weight is 294 g/mol. The van der Waals surface area contributed by atoms with E-state index in [1.54, 1.807) is 0 Å². The van der Waals surface area contributed by atoms with Crippen LogP contribution in [-0.2, 0) is 9.53 Å². The van der Waals surface area contributed by atoms with Crippen molar-refractivity contribution in [3.8, 4) is 0 Å². The van der Waals surface area contributed by atoms with Gasteiger partial charge in [0.1, 0.15) is 0 Å². The van der Waals surface area contributed by atoms with Gasteiger partial charge in [0.15, 0.2) is 0 Å². The predicted molar refractivity (Wildman–Crippen MR) is 83.2 cm³/mol. The van der Waals surface area contributed by atoms with Gasteiger partial charge in [0.2, 0.25) is 5.91 Å². The number of rotatable bonds is 6. The Hall–Kier alpha value is -0.610. The van der Waals surface area contributed by atoms with Crippen LogP contribution in [0.2, 0.25) is 0 Å². The molecule has 4 nitrogen and oxygen atoms in total. The van der Waals surface area contributed by atoms with Gasteiger partial charge in [-0.2, -0.15) is 0 Å². The van der Waals surface area contributed by atoms with Crippen LogP contribution in [0.5, 0.6) is 0 Å². The molecule has 1 N–H and O–H groups in total. The third-order valence-electron chi connectivity index (χ3n) is 5.44. The van der Waals surface area contributed by atoms with Gasteiger partial charge >= 0.3 is 0 Å². The SMILES string of the molecule is O=C(CCC1CCNC1)N(CC1CCCO1)C1CCCC1. The molecule has 3 fully saturated rings. The number of hydrogen-bond acceptors (Lipinski definition) is 3. The van der Waals surface area contributed by atoms with Crippen molar-refractivity contribution in [3.05, 3.63) is 0 Å². The van der Waals surface area contributed by atoms with Crippen LogP contribution in [-0.4, -0.2) is 49.2 Å². The normalized spacial score (nSPS) is 30.1. The lowest BCUT2D eigenvalue weighted by Crippen LogP contribution is -2.43. The molecule has 21 heavy (non-hydrogen) atoms. The summed E-state index contributed by atoms with van der Waals surface area (Å²) in [6, 6.07) is 0.489. The van der Waals surface area contributed by atoms with E-state index in [1.807, 2.05) is 0 Å². The number of carbonyl (C=O) groups excluding carboxylic acids is 1. The molecule has 2 heterocycles. The van der Waals surface area contributed by atoms with Crippen LogP contribution in [0, 0.1) is 5.92 Å². The molecule has 3 aliphatic rings. The van der Waals surface area contributed by atoms with E-state index in [2.05, 4.69) is 10.2 Å². The molecule has 2 aliphatic heterocycles. The molecule has 0 radical (unpaired) electrons. The second kappa shape index (κ2) is 7.59. The van der Waals surface area contributed by atoms with Crippen LogP contribution < -0.4 is 5.32 Å². The number of hydrogen-bond donors (Lipinski definition) is 1. The van der Waals surface area contributed by atoms with Crippen molar-refractivity contribution < 1.29 is 9.53 Å². The van der Waals surface area contributed by atoms with E-state index in [1.165, 1.54) is 32.1 Å². The first-order chi connectivity index (χ1) is 10.3. The molecule has 0 bridgehead atoms. The van der Waals surface area contributed by atoms with E-state index in [9.17, 15) is 4.79 Å². The Balaban J connectivity index is 1.52. The molecule has 1 aliphatic carbocycles. The Bertz CT molecular complexity index is 330. The van der Waals surface area contributed by atoms with E-state index in [0.717, 1.165) is 51.9 Å². The third kappa shape index (κ3) is 4.19. The first-order valence-corrected chi connectivity index (χ1v) is 8.94. The number of ether oxygens (including phenoxy) is 1. The molecule has 0 aromatic rings. The molecule has 3 rings (SSSR count).